The van der Waals surface area contributed by atoms with E-state index < -0.39 is 0 Å². The lowest BCUT2D eigenvalue weighted by Gasteiger charge is -2.06. The predicted octanol–water partition coefficient (Wildman–Crippen LogP) is 4.50. The van der Waals surface area contributed by atoms with E-state index in [0.29, 0.717) is 32.8 Å². The third-order valence-electron chi connectivity index (χ3n) is 3.44. The summed E-state index contributed by atoms with van der Waals surface area (Å²) in [6.07, 6.45) is 10.7. The number of carbonyl (C=O) groups excluding carboxylic acids is 1. The highest BCUT2D eigenvalue weighted by molar-refractivity contribution is 5.69. The Bertz CT molecular complexity index is 231. The first kappa shape index (κ1) is 21.4. The summed E-state index contributed by atoms with van der Waals surface area (Å²) >= 11 is 0. The molecule has 0 saturated carbocycles. The van der Waals surface area contributed by atoms with Crippen molar-refractivity contribution in [2.24, 2.45) is 0 Å². The first-order valence-corrected chi connectivity index (χ1v) is 9.12. The fourth-order valence-corrected chi connectivity index (χ4v) is 2.03. The van der Waals surface area contributed by atoms with E-state index in [4.69, 9.17) is 14.2 Å². The van der Waals surface area contributed by atoms with Gasteiger partial charge in [0.15, 0.2) is 0 Å². The van der Waals surface area contributed by atoms with E-state index in [1.807, 2.05) is 0 Å². The summed E-state index contributed by atoms with van der Waals surface area (Å²) in [4.78, 5) is 11.5. The molecule has 0 aromatic carbocycles. The van der Waals surface area contributed by atoms with Gasteiger partial charge in [-0.25, -0.2) is 0 Å². The highest BCUT2D eigenvalue weighted by Crippen LogP contribution is 2.05. The Kier molecular flexibility index (Phi) is 17.9. The highest BCUT2D eigenvalue weighted by Gasteiger charge is 2.02. The number of hydrogen-bond acceptors (Lipinski definition) is 4. The molecule has 0 atom stereocenters. The smallest absolute Gasteiger partial charge is 0.305 e. The summed E-state index contributed by atoms with van der Waals surface area (Å²) in [5.41, 5.74) is 0. The number of esters is 1. The van der Waals surface area contributed by atoms with Gasteiger partial charge in [-0.3, -0.25) is 4.79 Å². The molecule has 132 valence electrons. The summed E-state index contributed by atoms with van der Waals surface area (Å²) in [6, 6.07) is 0. The van der Waals surface area contributed by atoms with Crippen molar-refractivity contribution in [3.05, 3.63) is 0 Å². The summed E-state index contributed by atoms with van der Waals surface area (Å²) in [5, 5.41) is 0. The second kappa shape index (κ2) is 18.4. The molecule has 0 aromatic rings. The minimum Gasteiger partial charge on any atom is -0.466 e. The fraction of sp³-hybridized carbons (Fsp3) is 0.944. The van der Waals surface area contributed by atoms with E-state index in [9.17, 15) is 4.79 Å². The van der Waals surface area contributed by atoms with Gasteiger partial charge in [0.05, 0.1) is 19.8 Å². The molecule has 0 radical (unpaired) electrons. The van der Waals surface area contributed by atoms with Crippen LogP contribution in [0, 0.1) is 0 Å². The SMILES string of the molecule is CCCCCCCCOC(=O)CCCOCCOCCCC. The minimum atomic E-state index is -0.101. The Morgan fingerprint density at radius 2 is 1.23 bits per heavy atom. The second-order valence-corrected chi connectivity index (χ2v) is 5.67. The van der Waals surface area contributed by atoms with Crippen LogP contribution in [0.4, 0.5) is 0 Å². The van der Waals surface area contributed by atoms with Crippen molar-refractivity contribution in [3.8, 4) is 0 Å². The van der Waals surface area contributed by atoms with E-state index in [0.717, 1.165) is 38.7 Å². The van der Waals surface area contributed by atoms with Gasteiger partial charge in [-0.15, -0.1) is 0 Å². The zero-order valence-electron chi connectivity index (χ0n) is 14.7. The third kappa shape index (κ3) is 17.4. The maximum Gasteiger partial charge on any atom is 0.305 e. The number of ether oxygens (including phenoxy) is 3. The Morgan fingerprint density at radius 3 is 1.91 bits per heavy atom. The van der Waals surface area contributed by atoms with Gasteiger partial charge >= 0.3 is 5.97 Å². The molecule has 0 aliphatic carbocycles. The summed E-state index contributed by atoms with van der Waals surface area (Å²) in [5.74, 6) is -0.101. The normalized spacial score (nSPS) is 10.8. The first-order chi connectivity index (χ1) is 10.8. The average Bonchev–Trinajstić information content (AvgIpc) is 2.52. The Hall–Kier alpha value is -0.610. The van der Waals surface area contributed by atoms with Gasteiger partial charge in [0, 0.05) is 19.6 Å². The number of carbonyl (C=O) groups is 1. The van der Waals surface area contributed by atoms with Crippen LogP contribution in [0.25, 0.3) is 0 Å². The summed E-state index contributed by atoms with van der Waals surface area (Å²) < 4.78 is 16.0. The predicted molar refractivity (Wildman–Crippen MR) is 90.1 cm³/mol. The van der Waals surface area contributed by atoms with Crippen LogP contribution in [0.15, 0.2) is 0 Å². The van der Waals surface area contributed by atoms with Crippen LogP contribution in [-0.2, 0) is 19.0 Å². The van der Waals surface area contributed by atoms with Gasteiger partial charge in [0.25, 0.3) is 0 Å². The molecule has 4 heteroatoms. The van der Waals surface area contributed by atoms with E-state index in [2.05, 4.69) is 13.8 Å². The highest BCUT2D eigenvalue weighted by atomic mass is 16.5. The molecule has 0 aliphatic rings. The van der Waals surface area contributed by atoms with Crippen molar-refractivity contribution < 1.29 is 19.0 Å². The Balaban J connectivity index is 3.13. The van der Waals surface area contributed by atoms with E-state index in [1.54, 1.807) is 0 Å². The van der Waals surface area contributed by atoms with E-state index >= 15 is 0 Å². The molecule has 0 unspecified atom stereocenters. The van der Waals surface area contributed by atoms with Crippen LogP contribution in [0.5, 0.6) is 0 Å². The van der Waals surface area contributed by atoms with Gasteiger partial charge in [-0.05, 0) is 19.3 Å². The van der Waals surface area contributed by atoms with E-state index in [-0.39, 0.29) is 5.97 Å². The molecule has 0 aliphatic heterocycles. The summed E-state index contributed by atoms with van der Waals surface area (Å²) in [6.45, 7) is 7.58. The molecular weight excluding hydrogens is 280 g/mol. The molecule has 0 spiro atoms. The minimum absolute atomic E-state index is 0.101. The van der Waals surface area contributed by atoms with Gasteiger partial charge in [-0.1, -0.05) is 52.4 Å². The maximum atomic E-state index is 11.5. The van der Waals surface area contributed by atoms with Crippen LogP contribution in [-0.4, -0.2) is 39.0 Å². The van der Waals surface area contributed by atoms with Crippen molar-refractivity contribution in [2.75, 3.05) is 33.0 Å². The number of unbranched alkanes of at least 4 members (excludes halogenated alkanes) is 6. The molecule has 0 N–H and O–H groups in total. The fourth-order valence-electron chi connectivity index (χ4n) is 2.03. The van der Waals surface area contributed by atoms with Crippen molar-refractivity contribution in [3.63, 3.8) is 0 Å². The van der Waals surface area contributed by atoms with Gasteiger partial charge in [-0.2, -0.15) is 0 Å². The third-order valence-corrected chi connectivity index (χ3v) is 3.44. The Morgan fingerprint density at radius 1 is 0.636 bits per heavy atom. The molecule has 0 rings (SSSR count). The van der Waals surface area contributed by atoms with Crippen molar-refractivity contribution >= 4 is 5.97 Å². The quantitative estimate of drug-likeness (QED) is 0.293. The monoisotopic (exact) mass is 316 g/mol. The lowest BCUT2D eigenvalue weighted by molar-refractivity contribution is -0.144. The Labute approximate surface area is 136 Å². The van der Waals surface area contributed by atoms with Crippen LogP contribution in [0.3, 0.4) is 0 Å². The van der Waals surface area contributed by atoms with Gasteiger partial charge < -0.3 is 14.2 Å². The van der Waals surface area contributed by atoms with Crippen LogP contribution in [0.1, 0.15) is 78.1 Å². The largest absolute Gasteiger partial charge is 0.466 e. The zero-order valence-corrected chi connectivity index (χ0v) is 14.7. The molecule has 22 heavy (non-hydrogen) atoms. The molecule has 0 fully saturated rings. The van der Waals surface area contributed by atoms with Crippen molar-refractivity contribution in [1.82, 2.24) is 0 Å². The van der Waals surface area contributed by atoms with Gasteiger partial charge in [0.2, 0.25) is 0 Å². The lowest BCUT2D eigenvalue weighted by Crippen LogP contribution is -2.09. The number of rotatable bonds is 17. The molecule has 0 aromatic heterocycles. The lowest BCUT2D eigenvalue weighted by atomic mass is 10.1. The van der Waals surface area contributed by atoms with E-state index in [1.165, 1.54) is 25.7 Å². The maximum absolute atomic E-state index is 11.5. The zero-order chi connectivity index (χ0) is 16.3. The molecule has 4 nitrogen and oxygen atoms in total. The molecular formula is C18H36O4. The first-order valence-electron chi connectivity index (χ1n) is 9.12. The van der Waals surface area contributed by atoms with Crippen molar-refractivity contribution in [2.45, 2.75) is 78.1 Å². The standard InChI is InChI=1S/C18H36O4/c1-3-5-7-8-9-10-15-22-18(19)12-11-14-21-17-16-20-13-6-4-2/h3-17H2,1-2H3. The van der Waals surface area contributed by atoms with Crippen LogP contribution < -0.4 is 0 Å². The topological polar surface area (TPSA) is 44.8 Å². The second-order valence-electron chi connectivity index (χ2n) is 5.67. The number of hydrogen-bond donors (Lipinski definition) is 0. The van der Waals surface area contributed by atoms with Gasteiger partial charge in [0.1, 0.15) is 0 Å². The van der Waals surface area contributed by atoms with Crippen LogP contribution in [0.2, 0.25) is 0 Å². The molecule has 0 saturated heterocycles. The molecule has 0 bridgehead atoms. The van der Waals surface area contributed by atoms with Crippen LogP contribution >= 0.6 is 0 Å². The summed E-state index contributed by atoms with van der Waals surface area (Å²) in [7, 11) is 0. The van der Waals surface area contributed by atoms with Crippen molar-refractivity contribution in [1.29, 1.82) is 0 Å². The average molecular weight is 316 g/mol. The molecule has 0 amide bonds. The molecule has 0 heterocycles.